The van der Waals surface area contributed by atoms with Gasteiger partial charge in [-0.2, -0.15) is 5.10 Å². The van der Waals surface area contributed by atoms with Gasteiger partial charge in [-0.15, -0.1) is 0 Å². The van der Waals surface area contributed by atoms with Crippen LogP contribution in [-0.2, 0) is 6.54 Å². The molecule has 0 saturated heterocycles. The molecule has 1 N–H and O–H groups in total. The van der Waals surface area contributed by atoms with E-state index in [9.17, 15) is 10.1 Å². The molecule has 0 amide bonds. The van der Waals surface area contributed by atoms with Crippen molar-refractivity contribution in [3.8, 4) is 0 Å². The summed E-state index contributed by atoms with van der Waals surface area (Å²) >= 11 is 0. The molecule has 21 heavy (non-hydrogen) atoms. The minimum Gasteiger partial charge on any atom is -0.373 e. The van der Waals surface area contributed by atoms with E-state index >= 15 is 0 Å². The number of para-hydroxylation sites is 2. The summed E-state index contributed by atoms with van der Waals surface area (Å²) in [6.07, 6.45) is 0. The molecule has 1 aromatic heterocycles. The van der Waals surface area contributed by atoms with Crippen molar-refractivity contribution in [1.29, 1.82) is 0 Å². The molecule has 1 unspecified atom stereocenters. The summed E-state index contributed by atoms with van der Waals surface area (Å²) in [6.45, 7) is 8.84. The highest BCUT2D eigenvalue weighted by molar-refractivity contribution is 5.62. The van der Waals surface area contributed by atoms with Crippen molar-refractivity contribution in [2.75, 3.05) is 5.32 Å². The Morgan fingerprint density at radius 3 is 2.62 bits per heavy atom. The van der Waals surface area contributed by atoms with Crippen LogP contribution in [-0.4, -0.2) is 14.7 Å². The Morgan fingerprint density at radius 2 is 2.05 bits per heavy atom. The number of hydrogen-bond acceptors (Lipinski definition) is 4. The number of rotatable bonds is 5. The maximum Gasteiger partial charge on any atom is 0.292 e. The number of benzene rings is 1. The summed E-state index contributed by atoms with van der Waals surface area (Å²) in [5.41, 5.74) is 3.75. The number of nitrogens with zero attached hydrogens (tertiary/aromatic N) is 3. The fourth-order valence-electron chi connectivity index (χ4n) is 2.71. The zero-order valence-electron chi connectivity index (χ0n) is 12.8. The second-order valence-corrected chi connectivity index (χ2v) is 5.04. The first kappa shape index (κ1) is 15.0. The van der Waals surface area contributed by atoms with E-state index in [1.807, 2.05) is 32.4 Å². The van der Waals surface area contributed by atoms with E-state index in [-0.39, 0.29) is 16.7 Å². The van der Waals surface area contributed by atoms with E-state index in [0.29, 0.717) is 5.69 Å². The molecule has 1 heterocycles. The lowest BCUT2D eigenvalue weighted by molar-refractivity contribution is -0.384. The Labute approximate surface area is 123 Å². The zero-order valence-corrected chi connectivity index (χ0v) is 12.8. The number of hydrogen-bond donors (Lipinski definition) is 1. The first-order valence-corrected chi connectivity index (χ1v) is 6.99. The highest BCUT2D eigenvalue weighted by atomic mass is 16.6. The van der Waals surface area contributed by atoms with Crippen LogP contribution in [0.25, 0.3) is 0 Å². The number of anilines is 1. The molecular weight excluding hydrogens is 268 g/mol. The first-order chi connectivity index (χ1) is 9.95. The van der Waals surface area contributed by atoms with Crippen molar-refractivity contribution in [3.05, 3.63) is 51.3 Å². The van der Waals surface area contributed by atoms with Crippen molar-refractivity contribution in [2.45, 2.75) is 40.3 Å². The lowest BCUT2D eigenvalue weighted by Crippen LogP contribution is -2.10. The second-order valence-electron chi connectivity index (χ2n) is 5.04. The van der Waals surface area contributed by atoms with Crippen LogP contribution < -0.4 is 5.32 Å². The number of aromatic nitrogens is 2. The Kier molecular flexibility index (Phi) is 4.26. The highest BCUT2D eigenvalue weighted by Crippen LogP contribution is 2.30. The number of nitro groups is 1. The maximum atomic E-state index is 11.1. The van der Waals surface area contributed by atoms with Crippen LogP contribution in [0.2, 0.25) is 0 Å². The molecule has 6 heteroatoms. The molecule has 6 nitrogen and oxygen atoms in total. The van der Waals surface area contributed by atoms with Crippen molar-refractivity contribution in [1.82, 2.24) is 9.78 Å². The molecule has 2 rings (SSSR count). The van der Waals surface area contributed by atoms with E-state index in [4.69, 9.17) is 0 Å². The van der Waals surface area contributed by atoms with Crippen molar-refractivity contribution >= 4 is 11.4 Å². The molecule has 112 valence electrons. The van der Waals surface area contributed by atoms with Crippen LogP contribution in [0.5, 0.6) is 0 Å². The second kappa shape index (κ2) is 5.95. The molecular formula is C15H20N4O2. The van der Waals surface area contributed by atoms with Gasteiger partial charge in [-0.3, -0.25) is 14.8 Å². The standard InChI is InChI=1S/C15H20N4O2/c1-5-18-12(4)15(11(3)17-18)10(2)16-13-8-6-7-9-14(13)19(20)21/h6-10,16H,5H2,1-4H3. The summed E-state index contributed by atoms with van der Waals surface area (Å²) in [5.74, 6) is 0. The van der Waals surface area contributed by atoms with E-state index in [1.165, 1.54) is 6.07 Å². The Bertz CT molecular complexity index is 664. The van der Waals surface area contributed by atoms with E-state index in [1.54, 1.807) is 18.2 Å². The summed E-state index contributed by atoms with van der Waals surface area (Å²) in [5, 5.41) is 18.8. The molecule has 0 radical (unpaired) electrons. The summed E-state index contributed by atoms with van der Waals surface area (Å²) < 4.78 is 1.95. The Morgan fingerprint density at radius 1 is 1.38 bits per heavy atom. The SMILES string of the molecule is CCn1nc(C)c(C(C)Nc2ccccc2[N+](=O)[O-])c1C. The molecule has 1 atom stereocenters. The van der Waals surface area contributed by atoms with E-state index < -0.39 is 0 Å². The number of nitro benzene ring substituents is 1. The third kappa shape index (κ3) is 2.89. The monoisotopic (exact) mass is 288 g/mol. The molecule has 1 aromatic carbocycles. The van der Waals surface area contributed by atoms with Crippen molar-refractivity contribution in [2.24, 2.45) is 0 Å². The molecule has 0 spiro atoms. The normalized spacial score (nSPS) is 12.2. The van der Waals surface area contributed by atoms with Gasteiger partial charge in [0, 0.05) is 23.9 Å². The lowest BCUT2D eigenvalue weighted by atomic mass is 10.1. The molecule has 2 aromatic rings. The predicted molar refractivity (Wildman–Crippen MR) is 82.5 cm³/mol. The van der Waals surface area contributed by atoms with Gasteiger partial charge in [0.05, 0.1) is 16.7 Å². The minimum absolute atomic E-state index is 0.0496. The van der Waals surface area contributed by atoms with Crippen LogP contribution in [0.15, 0.2) is 24.3 Å². The van der Waals surface area contributed by atoms with Crippen LogP contribution >= 0.6 is 0 Å². The smallest absolute Gasteiger partial charge is 0.292 e. The maximum absolute atomic E-state index is 11.1. The average Bonchev–Trinajstić information content (AvgIpc) is 2.73. The van der Waals surface area contributed by atoms with Gasteiger partial charge >= 0.3 is 0 Å². The molecule has 0 aliphatic rings. The number of aryl methyl sites for hydroxylation is 2. The van der Waals surface area contributed by atoms with E-state index in [2.05, 4.69) is 10.4 Å². The fourth-order valence-corrected chi connectivity index (χ4v) is 2.71. The minimum atomic E-state index is -0.371. The molecule has 0 bridgehead atoms. The number of nitrogens with one attached hydrogen (secondary N) is 1. The zero-order chi connectivity index (χ0) is 15.6. The summed E-state index contributed by atoms with van der Waals surface area (Å²) in [4.78, 5) is 10.7. The van der Waals surface area contributed by atoms with Gasteiger partial charge in [0.15, 0.2) is 0 Å². The van der Waals surface area contributed by atoms with Crippen LogP contribution in [0.1, 0.15) is 36.8 Å². The van der Waals surface area contributed by atoms with E-state index in [0.717, 1.165) is 23.5 Å². The van der Waals surface area contributed by atoms with Crippen LogP contribution in [0, 0.1) is 24.0 Å². The van der Waals surface area contributed by atoms with Crippen molar-refractivity contribution < 1.29 is 4.92 Å². The molecule has 0 fully saturated rings. The van der Waals surface area contributed by atoms with Gasteiger partial charge in [-0.1, -0.05) is 12.1 Å². The molecule has 0 saturated carbocycles. The molecule has 0 aliphatic heterocycles. The van der Waals surface area contributed by atoms with Gasteiger partial charge in [0.2, 0.25) is 0 Å². The van der Waals surface area contributed by atoms with Gasteiger partial charge in [-0.25, -0.2) is 0 Å². The quantitative estimate of drug-likeness (QED) is 0.674. The largest absolute Gasteiger partial charge is 0.373 e. The third-order valence-electron chi connectivity index (χ3n) is 3.64. The van der Waals surface area contributed by atoms with Gasteiger partial charge < -0.3 is 5.32 Å². The topological polar surface area (TPSA) is 73.0 Å². The van der Waals surface area contributed by atoms with Gasteiger partial charge in [0.1, 0.15) is 5.69 Å². The Balaban J connectivity index is 2.33. The lowest BCUT2D eigenvalue weighted by Gasteiger charge is -2.16. The third-order valence-corrected chi connectivity index (χ3v) is 3.64. The Hall–Kier alpha value is -2.37. The first-order valence-electron chi connectivity index (χ1n) is 6.99. The highest BCUT2D eigenvalue weighted by Gasteiger charge is 2.20. The molecule has 0 aliphatic carbocycles. The van der Waals surface area contributed by atoms with Crippen LogP contribution in [0.3, 0.4) is 0 Å². The fraction of sp³-hybridized carbons (Fsp3) is 0.400. The summed E-state index contributed by atoms with van der Waals surface area (Å²) in [6, 6.07) is 6.64. The van der Waals surface area contributed by atoms with Gasteiger partial charge in [-0.05, 0) is 33.8 Å². The summed E-state index contributed by atoms with van der Waals surface area (Å²) in [7, 11) is 0. The average molecular weight is 288 g/mol. The van der Waals surface area contributed by atoms with Gasteiger partial charge in [0.25, 0.3) is 5.69 Å². The van der Waals surface area contributed by atoms with Crippen molar-refractivity contribution in [3.63, 3.8) is 0 Å². The predicted octanol–water partition coefficient (Wildman–Crippen LogP) is 3.60. The van der Waals surface area contributed by atoms with Crippen LogP contribution in [0.4, 0.5) is 11.4 Å².